The zero-order chi connectivity index (χ0) is 16.1. The highest BCUT2D eigenvalue weighted by Gasteiger charge is 2.31. The van der Waals surface area contributed by atoms with Gasteiger partial charge < -0.3 is 5.73 Å². The average Bonchev–Trinajstić information content (AvgIpc) is 2.38. The predicted octanol–water partition coefficient (Wildman–Crippen LogP) is 1.55. The first-order valence-electron chi connectivity index (χ1n) is 6.26. The third-order valence-corrected chi connectivity index (χ3v) is 4.12. The normalized spacial score (nSPS) is 12.4. The van der Waals surface area contributed by atoms with Crippen LogP contribution in [0.4, 0.5) is 18.9 Å². The Kier molecular flexibility index (Phi) is 5.99. The molecule has 0 aliphatic rings. The van der Waals surface area contributed by atoms with E-state index >= 15 is 0 Å². The Morgan fingerprint density at radius 2 is 1.81 bits per heavy atom. The quantitative estimate of drug-likeness (QED) is 0.798. The summed E-state index contributed by atoms with van der Waals surface area (Å²) in [6.45, 7) is 0.453. The first kappa shape index (κ1) is 17.7. The molecule has 1 aromatic rings. The molecule has 0 fully saturated rings. The van der Waals surface area contributed by atoms with Crippen molar-refractivity contribution < 1.29 is 21.6 Å². The van der Waals surface area contributed by atoms with Crippen molar-refractivity contribution in [2.75, 3.05) is 23.9 Å². The minimum Gasteiger partial charge on any atom is -0.330 e. The van der Waals surface area contributed by atoms with Crippen LogP contribution < -0.4 is 14.8 Å². The Morgan fingerprint density at radius 3 is 2.29 bits per heavy atom. The number of alkyl halides is 3. The van der Waals surface area contributed by atoms with Gasteiger partial charge in [-0.3, -0.25) is 4.31 Å². The van der Waals surface area contributed by atoms with E-state index in [2.05, 4.69) is 0 Å². The molecule has 3 N–H and O–H groups in total. The summed E-state index contributed by atoms with van der Waals surface area (Å²) in [5.74, 6) is 0. The van der Waals surface area contributed by atoms with Gasteiger partial charge in [0.2, 0.25) is 0 Å². The lowest BCUT2D eigenvalue weighted by Crippen LogP contribution is -2.45. The standard InChI is InChI=1S/C12H18F3N3O2S/c1-10-3-5-11(6-4-10)18(8-2-7-16)21(19,20)17-9-12(13,14)15/h3-6,17H,2,7-9,16H2,1H3. The molecule has 0 spiro atoms. The fraction of sp³-hybridized carbons (Fsp3) is 0.500. The first-order valence-corrected chi connectivity index (χ1v) is 7.70. The lowest BCUT2D eigenvalue weighted by Gasteiger charge is -2.25. The number of anilines is 1. The van der Waals surface area contributed by atoms with Crippen molar-refractivity contribution in [3.63, 3.8) is 0 Å². The third kappa shape index (κ3) is 5.90. The predicted molar refractivity (Wildman–Crippen MR) is 75.2 cm³/mol. The van der Waals surface area contributed by atoms with Gasteiger partial charge in [-0.15, -0.1) is 0 Å². The number of nitrogens with zero attached hydrogens (tertiary/aromatic N) is 1. The topological polar surface area (TPSA) is 75.4 Å². The summed E-state index contributed by atoms with van der Waals surface area (Å²) in [7, 11) is -4.29. The van der Waals surface area contributed by atoms with Crippen molar-refractivity contribution in [3.8, 4) is 0 Å². The summed E-state index contributed by atoms with van der Waals surface area (Å²) in [5.41, 5.74) is 6.55. The van der Waals surface area contributed by atoms with Crippen LogP contribution in [-0.2, 0) is 10.2 Å². The molecule has 0 atom stereocenters. The molecule has 120 valence electrons. The Balaban J connectivity index is 2.98. The lowest BCUT2D eigenvalue weighted by molar-refractivity contribution is -0.121. The molecule has 0 radical (unpaired) electrons. The zero-order valence-corrected chi connectivity index (χ0v) is 12.3. The molecule has 0 heterocycles. The molecule has 0 aromatic heterocycles. The molecular weight excluding hydrogens is 307 g/mol. The second kappa shape index (κ2) is 7.10. The molecular formula is C12H18F3N3O2S. The van der Waals surface area contributed by atoms with Gasteiger partial charge in [-0.25, -0.2) is 0 Å². The molecule has 0 unspecified atom stereocenters. The van der Waals surface area contributed by atoms with Crippen LogP contribution in [0, 0.1) is 6.92 Å². The van der Waals surface area contributed by atoms with Crippen LogP contribution in [0.5, 0.6) is 0 Å². The molecule has 1 aromatic carbocycles. The van der Waals surface area contributed by atoms with Gasteiger partial charge in [-0.2, -0.15) is 26.3 Å². The third-order valence-electron chi connectivity index (χ3n) is 2.63. The van der Waals surface area contributed by atoms with E-state index in [1.165, 1.54) is 0 Å². The molecule has 5 nitrogen and oxygen atoms in total. The molecule has 21 heavy (non-hydrogen) atoms. The van der Waals surface area contributed by atoms with Gasteiger partial charge in [-0.1, -0.05) is 17.7 Å². The van der Waals surface area contributed by atoms with Gasteiger partial charge in [0.15, 0.2) is 0 Å². The number of aryl methyl sites for hydroxylation is 1. The van der Waals surface area contributed by atoms with Crippen LogP contribution in [0.15, 0.2) is 24.3 Å². The Bertz CT molecular complexity index is 544. The monoisotopic (exact) mass is 325 g/mol. The zero-order valence-electron chi connectivity index (χ0n) is 11.5. The minimum absolute atomic E-state index is 0.00670. The molecule has 0 saturated carbocycles. The van der Waals surface area contributed by atoms with Crippen molar-refractivity contribution in [2.24, 2.45) is 5.73 Å². The highest BCUT2D eigenvalue weighted by molar-refractivity contribution is 7.90. The maximum atomic E-state index is 12.2. The molecule has 1 rings (SSSR count). The molecule has 9 heteroatoms. The van der Waals surface area contributed by atoms with Crippen LogP contribution in [-0.4, -0.2) is 34.2 Å². The number of hydrogen-bond donors (Lipinski definition) is 2. The fourth-order valence-electron chi connectivity index (χ4n) is 1.58. The molecule has 0 aliphatic heterocycles. The van der Waals surface area contributed by atoms with Gasteiger partial charge >= 0.3 is 16.4 Å². The SMILES string of the molecule is Cc1ccc(N(CCCN)S(=O)(=O)NCC(F)(F)F)cc1. The van der Waals surface area contributed by atoms with Crippen molar-refractivity contribution in [3.05, 3.63) is 29.8 Å². The molecule has 0 amide bonds. The first-order chi connectivity index (χ1) is 9.65. The molecule has 0 saturated heterocycles. The van der Waals surface area contributed by atoms with Crippen molar-refractivity contribution in [2.45, 2.75) is 19.5 Å². The van der Waals surface area contributed by atoms with Gasteiger partial charge in [0.1, 0.15) is 6.54 Å². The van der Waals surface area contributed by atoms with Crippen LogP contribution in [0.3, 0.4) is 0 Å². The Labute approximate surface area is 122 Å². The summed E-state index contributed by atoms with van der Waals surface area (Å²) in [6.07, 6.45) is -4.28. The Hall–Kier alpha value is -1.32. The minimum atomic E-state index is -4.61. The second-order valence-corrected chi connectivity index (χ2v) is 6.17. The van der Waals surface area contributed by atoms with Gasteiger partial charge in [0, 0.05) is 6.54 Å². The number of nitrogens with one attached hydrogen (secondary N) is 1. The number of benzene rings is 1. The number of rotatable bonds is 7. The number of nitrogens with two attached hydrogens (primary N) is 1. The Morgan fingerprint density at radius 1 is 1.24 bits per heavy atom. The van der Waals surface area contributed by atoms with Crippen molar-refractivity contribution in [1.29, 1.82) is 0 Å². The largest absolute Gasteiger partial charge is 0.402 e. The molecule has 0 aliphatic carbocycles. The second-order valence-electron chi connectivity index (χ2n) is 4.49. The van der Waals surface area contributed by atoms with Crippen molar-refractivity contribution >= 4 is 15.9 Å². The summed E-state index contributed by atoms with van der Waals surface area (Å²) >= 11 is 0. The highest BCUT2D eigenvalue weighted by atomic mass is 32.2. The van der Waals surface area contributed by atoms with Crippen molar-refractivity contribution in [1.82, 2.24) is 4.72 Å². The van der Waals surface area contributed by atoms with Crippen LogP contribution in [0.2, 0.25) is 0 Å². The molecule has 0 bridgehead atoms. The van der Waals surface area contributed by atoms with E-state index in [1.54, 1.807) is 29.0 Å². The maximum absolute atomic E-state index is 12.2. The number of halogens is 3. The number of hydrogen-bond acceptors (Lipinski definition) is 3. The van der Waals surface area contributed by atoms with E-state index in [-0.39, 0.29) is 13.1 Å². The fourth-order valence-corrected chi connectivity index (χ4v) is 2.86. The van der Waals surface area contributed by atoms with E-state index in [0.29, 0.717) is 12.1 Å². The lowest BCUT2D eigenvalue weighted by atomic mass is 10.2. The van der Waals surface area contributed by atoms with Gasteiger partial charge in [0.25, 0.3) is 0 Å². The summed E-state index contributed by atoms with van der Waals surface area (Å²) in [4.78, 5) is 0. The average molecular weight is 325 g/mol. The van der Waals surface area contributed by atoms with Crippen LogP contribution in [0.1, 0.15) is 12.0 Å². The van der Waals surface area contributed by atoms with E-state index in [1.807, 2.05) is 6.92 Å². The maximum Gasteiger partial charge on any atom is 0.402 e. The van der Waals surface area contributed by atoms with Crippen LogP contribution >= 0.6 is 0 Å². The smallest absolute Gasteiger partial charge is 0.330 e. The van der Waals surface area contributed by atoms with E-state index in [4.69, 9.17) is 5.73 Å². The van der Waals surface area contributed by atoms with Gasteiger partial charge in [-0.05, 0) is 32.0 Å². The summed E-state index contributed by atoms with van der Waals surface area (Å²) < 4.78 is 63.1. The highest BCUT2D eigenvalue weighted by Crippen LogP contribution is 2.19. The van der Waals surface area contributed by atoms with E-state index in [9.17, 15) is 21.6 Å². The van der Waals surface area contributed by atoms with E-state index in [0.717, 1.165) is 9.87 Å². The van der Waals surface area contributed by atoms with E-state index < -0.39 is 22.9 Å². The van der Waals surface area contributed by atoms with Gasteiger partial charge in [0.05, 0.1) is 5.69 Å². The summed E-state index contributed by atoms with van der Waals surface area (Å²) in [6, 6.07) is 6.45. The summed E-state index contributed by atoms with van der Waals surface area (Å²) in [5, 5.41) is 0. The van der Waals surface area contributed by atoms with Crippen LogP contribution in [0.25, 0.3) is 0 Å².